The van der Waals surface area contributed by atoms with Crippen LogP contribution in [-0.4, -0.2) is 40.9 Å². The van der Waals surface area contributed by atoms with Gasteiger partial charge < -0.3 is 10.0 Å². The highest BCUT2D eigenvalue weighted by Crippen LogP contribution is 1.91. The van der Waals surface area contributed by atoms with Gasteiger partial charge in [-0.3, -0.25) is 4.79 Å². The molecule has 0 aromatic rings. The summed E-state index contributed by atoms with van der Waals surface area (Å²) in [6.07, 6.45) is 0. The molecule has 0 aromatic heterocycles. The van der Waals surface area contributed by atoms with E-state index in [1.54, 1.807) is 4.90 Å². The summed E-state index contributed by atoms with van der Waals surface area (Å²) < 4.78 is 0. The van der Waals surface area contributed by atoms with Gasteiger partial charge in [0.25, 0.3) is 0 Å². The number of hydrogen-bond acceptors (Lipinski definition) is 2. The van der Waals surface area contributed by atoms with Crippen LogP contribution in [-0.2, 0) is 4.79 Å². The van der Waals surface area contributed by atoms with Crippen molar-refractivity contribution in [3.05, 3.63) is 0 Å². The van der Waals surface area contributed by atoms with Crippen molar-refractivity contribution in [1.82, 2.24) is 4.90 Å². The molecule has 0 aliphatic heterocycles. The van der Waals surface area contributed by atoms with Crippen molar-refractivity contribution >= 4 is 21.8 Å². The summed E-state index contributed by atoms with van der Waals surface area (Å²) in [4.78, 5) is 12.5. The maximum absolute atomic E-state index is 10.9. The van der Waals surface area contributed by atoms with Crippen LogP contribution in [0.4, 0.5) is 0 Å². The number of carbonyl (C=O) groups is 1. The predicted octanol–water partition coefficient (Wildman–Crippen LogP) is 0.222. The van der Waals surface area contributed by atoms with Crippen LogP contribution in [0.2, 0.25) is 0 Å². The van der Waals surface area contributed by atoms with Gasteiger partial charge in [0.05, 0.1) is 11.9 Å². The van der Waals surface area contributed by atoms with Crippen molar-refractivity contribution in [1.29, 1.82) is 0 Å². The Morgan fingerprint density at radius 2 is 2.30 bits per heavy atom. The first-order chi connectivity index (χ1) is 4.76. The largest absolute Gasteiger partial charge is 0.395 e. The first-order valence-corrected chi connectivity index (χ1v) is 4.33. The SMILES string of the molecule is CCN(CCO)C(=O)CBr. The van der Waals surface area contributed by atoms with E-state index in [-0.39, 0.29) is 12.5 Å². The number of rotatable bonds is 4. The average Bonchev–Trinajstić information content (AvgIpc) is 1.99. The van der Waals surface area contributed by atoms with Crippen LogP contribution >= 0.6 is 15.9 Å². The van der Waals surface area contributed by atoms with Crippen molar-refractivity contribution in [2.45, 2.75) is 6.92 Å². The van der Waals surface area contributed by atoms with Crippen molar-refractivity contribution in [2.24, 2.45) is 0 Å². The van der Waals surface area contributed by atoms with Crippen LogP contribution < -0.4 is 0 Å². The molecule has 0 unspecified atom stereocenters. The summed E-state index contributed by atoms with van der Waals surface area (Å²) in [5.41, 5.74) is 0. The maximum Gasteiger partial charge on any atom is 0.233 e. The molecular weight excluding hydrogens is 198 g/mol. The van der Waals surface area contributed by atoms with Gasteiger partial charge in [-0.05, 0) is 6.92 Å². The van der Waals surface area contributed by atoms with Crippen LogP contribution in [0, 0.1) is 0 Å². The Hall–Kier alpha value is -0.0900. The van der Waals surface area contributed by atoms with Gasteiger partial charge in [0.15, 0.2) is 0 Å². The number of carbonyl (C=O) groups excluding carboxylic acids is 1. The summed E-state index contributed by atoms with van der Waals surface area (Å²) in [6.45, 7) is 3.01. The monoisotopic (exact) mass is 209 g/mol. The summed E-state index contributed by atoms with van der Waals surface area (Å²) in [6, 6.07) is 0. The molecule has 3 nitrogen and oxygen atoms in total. The topological polar surface area (TPSA) is 40.5 Å². The fourth-order valence-corrected chi connectivity index (χ4v) is 1.02. The van der Waals surface area contributed by atoms with Crippen LogP contribution in [0.5, 0.6) is 0 Å². The van der Waals surface area contributed by atoms with Gasteiger partial charge in [0.1, 0.15) is 0 Å². The molecule has 4 heteroatoms. The van der Waals surface area contributed by atoms with Gasteiger partial charge in [-0.2, -0.15) is 0 Å². The molecule has 0 heterocycles. The number of likely N-dealkylation sites (N-methyl/N-ethyl adjacent to an activating group) is 1. The lowest BCUT2D eigenvalue weighted by Crippen LogP contribution is -2.33. The number of aliphatic hydroxyl groups is 1. The minimum atomic E-state index is 0.0246. The normalized spacial score (nSPS) is 9.50. The van der Waals surface area contributed by atoms with Crippen molar-refractivity contribution in [2.75, 3.05) is 25.0 Å². The molecule has 0 rings (SSSR count). The Labute approximate surface area is 69.1 Å². The Morgan fingerprint density at radius 1 is 1.70 bits per heavy atom. The van der Waals surface area contributed by atoms with E-state index < -0.39 is 0 Å². The zero-order valence-electron chi connectivity index (χ0n) is 6.01. The van der Waals surface area contributed by atoms with Gasteiger partial charge >= 0.3 is 0 Å². The Bertz CT molecular complexity index is 108. The third-order valence-corrected chi connectivity index (χ3v) is 1.70. The van der Waals surface area contributed by atoms with Gasteiger partial charge in [-0.1, -0.05) is 15.9 Å². The fourth-order valence-electron chi connectivity index (χ4n) is 0.664. The highest BCUT2D eigenvalue weighted by Gasteiger charge is 2.07. The second-order valence-electron chi connectivity index (χ2n) is 1.83. The van der Waals surface area contributed by atoms with E-state index in [2.05, 4.69) is 15.9 Å². The fraction of sp³-hybridized carbons (Fsp3) is 0.833. The summed E-state index contributed by atoms with van der Waals surface area (Å²) in [5, 5.41) is 8.84. The molecule has 10 heavy (non-hydrogen) atoms. The Kier molecular flexibility index (Phi) is 5.63. The molecule has 0 saturated carbocycles. The van der Waals surface area contributed by atoms with Crippen LogP contribution in [0.25, 0.3) is 0 Å². The maximum atomic E-state index is 10.9. The van der Waals surface area contributed by atoms with Crippen LogP contribution in [0.1, 0.15) is 6.92 Å². The number of nitrogens with zero attached hydrogens (tertiary/aromatic N) is 1. The minimum Gasteiger partial charge on any atom is -0.395 e. The Morgan fingerprint density at radius 3 is 2.60 bits per heavy atom. The third-order valence-electron chi connectivity index (χ3n) is 1.22. The van der Waals surface area contributed by atoms with Gasteiger partial charge in [-0.15, -0.1) is 0 Å². The molecule has 0 spiro atoms. The molecule has 0 bridgehead atoms. The number of amides is 1. The minimum absolute atomic E-state index is 0.0246. The molecule has 1 amide bonds. The van der Waals surface area contributed by atoms with Crippen LogP contribution in [0.15, 0.2) is 0 Å². The first kappa shape index (κ1) is 9.91. The number of aliphatic hydroxyl groups excluding tert-OH is 1. The molecule has 60 valence electrons. The molecular formula is C6H12BrNO2. The van der Waals surface area contributed by atoms with Crippen molar-refractivity contribution < 1.29 is 9.90 Å². The quantitative estimate of drug-likeness (QED) is 0.674. The van der Waals surface area contributed by atoms with E-state index in [1.165, 1.54) is 0 Å². The smallest absolute Gasteiger partial charge is 0.233 e. The highest BCUT2D eigenvalue weighted by atomic mass is 79.9. The van der Waals surface area contributed by atoms with E-state index in [9.17, 15) is 4.79 Å². The molecule has 0 aliphatic rings. The lowest BCUT2D eigenvalue weighted by Gasteiger charge is -2.17. The zero-order valence-corrected chi connectivity index (χ0v) is 7.60. The molecule has 1 N–H and O–H groups in total. The highest BCUT2D eigenvalue weighted by molar-refractivity contribution is 9.09. The molecule has 0 radical (unpaired) electrons. The number of hydrogen-bond donors (Lipinski definition) is 1. The third kappa shape index (κ3) is 3.17. The van der Waals surface area contributed by atoms with Gasteiger partial charge in [-0.25, -0.2) is 0 Å². The number of alkyl halides is 1. The lowest BCUT2D eigenvalue weighted by molar-refractivity contribution is -0.128. The molecule has 0 aliphatic carbocycles. The molecule has 0 fully saturated rings. The first-order valence-electron chi connectivity index (χ1n) is 3.20. The van der Waals surface area contributed by atoms with E-state index in [0.29, 0.717) is 18.4 Å². The summed E-state index contributed by atoms with van der Waals surface area (Å²) >= 11 is 3.05. The van der Waals surface area contributed by atoms with Crippen LogP contribution in [0.3, 0.4) is 0 Å². The summed E-state index contributed by atoms with van der Waals surface area (Å²) in [5.74, 6) is 0.0246. The second-order valence-corrected chi connectivity index (χ2v) is 2.39. The lowest BCUT2D eigenvalue weighted by atomic mass is 10.5. The Balaban J connectivity index is 3.68. The van der Waals surface area contributed by atoms with Gasteiger partial charge in [0.2, 0.25) is 5.91 Å². The second kappa shape index (κ2) is 5.68. The van der Waals surface area contributed by atoms with Gasteiger partial charge in [0, 0.05) is 13.1 Å². The predicted molar refractivity (Wildman–Crippen MR) is 43.1 cm³/mol. The standard InChI is InChI=1S/C6H12BrNO2/c1-2-8(3-4-9)6(10)5-7/h9H,2-5H2,1H3. The van der Waals surface area contributed by atoms with E-state index in [4.69, 9.17) is 5.11 Å². The van der Waals surface area contributed by atoms with E-state index in [0.717, 1.165) is 0 Å². The zero-order chi connectivity index (χ0) is 7.98. The average molecular weight is 210 g/mol. The van der Waals surface area contributed by atoms with Crippen molar-refractivity contribution in [3.63, 3.8) is 0 Å². The van der Waals surface area contributed by atoms with Crippen molar-refractivity contribution in [3.8, 4) is 0 Å². The molecule has 0 saturated heterocycles. The molecule has 0 atom stereocenters. The van der Waals surface area contributed by atoms with E-state index >= 15 is 0 Å². The van der Waals surface area contributed by atoms with E-state index in [1.807, 2.05) is 6.92 Å². The number of halogens is 1. The molecule has 0 aromatic carbocycles. The summed E-state index contributed by atoms with van der Waals surface area (Å²) in [7, 11) is 0.